The van der Waals surface area contributed by atoms with Gasteiger partial charge in [-0.2, -0.15) is 0 Å². The molecule has 110 valence electrons. The predicted molar refractivity (Wildman–Crippen MR) is 82.1 cm³/mol. The average Bonchev–Trinajstić information content (AvgIpc) is 3.02. The molecule has 1 aromatic heterocycles. The SMILES string of the molecule is CC(C)c1cc(N2CCC(C3CCCN3)CC2)ncn1. The van der Waals surface area contributed by atoms with Crippen LogP contribution in [0.3, 0.4) is 0 Å². The quantitative estimate of drug-likeness (QED) is 0.920. The summed E-state index contributed by atoms with van der Waals surface area (Å²) in [7, 11) is 0. The van der Waals surface area contributed by atoms with Crippen LogP contribution in [0.5, 0.6) is 0 Å². The van der Waals surface area contributed by atoms with Crippen LogP contribution in [0, 0.1) is 5.92 Å². The molecule has 1 N–H and O–H groups in total. The summed E-state index contributed by atoms with van der Waals surface area (Å²) in [5.74, 6) is 2.44. The number of rotatable bonds is 3. The van der Waals surface area contributed by atoms with E-state index in [1.165, 1.54) is 32.2 Å². The highest BCUT2D eigenvalue weighted by Crippen LogP contribution is 2.28. The molecule has 3 rings (SSSR count). The van der Waals surface area contributed by atoms with E-state index in [2.05, 4.69) is 40.1 Å². The van der Waals surface area contributed by atoms with Crippen LogP contribution in [0.25, 0.3) is 0 Å². The van der Waals surface area contributed by atoms with Crippen molar-refractivity contribution >= 4 is 5.82 Å². The summed E-state index contributed by atoms with van der Waals surface area (Å²) < 4.78 is 0. The Kier molecular flexibility index (Phi) is 4.20. The van der Waals surface area contributed by atoms with E-state index in [1.54, 1.807) is 6.33 Å². The average molecular weight is 274 g/mol. The molecule has 3 heterocycles. The monoisotopic (exact) mass is 274 g/mol. The van der Waals surface area contributed by atoms with Crippen molar-refractivity contribution in [1.82, 2.24) is 15.3 Å². The highest BCUT2D eigenvalue weighted by Gasteiger charge is 2.28. The first-order chi connectivity index (χ1) is 9.74. The standard InChI is InChI=1S/C16H26N4/c1-12(2)15-10-16(19-11-18-15)20-8-5-13(6-9-20)14-4-3-7-17-14/h10-14,17H,3-9H2,1-2H3. The van der Waals surface area contributed by atoms with E-state index in [1.807, 2.05) is 0 Å². The number of anilines is 1. The number of piperidine rings is 1. The normalized spacial score (nSPS) is 24.6. The zero-order valence-corrected chi connectivity index (χ0v) is 12.7. The fourth-order valence-electron chi connectivity index (χ4n) is 3.49. The minimum absolute atomic E-state index is 0.469. The van der Waals surface area contributed by atoms with Crippen LogP contribution in [0.2, 0.25) is 0 Å². The van der Waals surface area contributed by atoms with Crippen molar-refractivity contribution in [2.75, 3.05) is 24.5 Å². The maximum absolute atomic E-state index is 4.47. The molecule has 1 unspecified atom stereocenters. The van der Waals surface area contributed by atoms with Gasteiger partial charge in [-0.05, 0) is 44.1 Å². The topological polar surface area (TPSA) is 41.0 Å². The highest BCUT2D eigenvalue weighted by atomic mass is 15.2. The first kappa shape index (κ1) is 13.8. The van der Waals surface area contributed by atoms with Crippen LogP contribution in [0.1, 0.15) is 51.1 Å². The smallest absolute Gasteiger partial charge is 0.132 e. The van der Waals surface area contributed by atoms with Gasteiger partial charge >= 0.3 is 0 Å². The second-order valence-electron chi connectivity index (χ2n) is 6.48. The minimum Gasteiger partial charge on any atom is -0.356 e. The van der Waals surface area contributed by atoms with Crippen LogP contribution in [0.4, 0.5) is 5.82 Å². The number of hydrogen-bond acceptors (Lipinski definition) is 4. The van der Waals surface area contributed by atoms with E-state index in [-0.39, 0.29) is 0 Å². The Morgan fingerprint density at radius 3 is 2.65 bits per heavy atom. The largest absolute Gasteiger partial charge is 0.356 e. The summed E-state index contributed by atoms with van der Waals surface area (Å²) in [6.45, 7) is 7.86. The van der Waals surface area contributed by atoms with E-state index in [0.717, 1.165) is 36.6 Å². The van der Waals surface area contributed by atoms with E-state index in [9.17, 15) is 0 Å². The van der Waals surface area contributed by atoms with Crippen molar-refractivity contribution in [2.45, 2.75) is 51.5 Å². The third-order valence-corrected chi connectivity index (χ3v) is 4.80. The highest BCUT2D eigenvalue weighted by molar-refractivity contribution is 5.40. The molecule has 0 radical (unpaired) electrons. The zero-order valence-electron chi connectivity index (χ0n) is 12.7. The molecule has 0 amide bonds. The lowest BCUT2D eigenvalue weighted by Crippen LogP contribution is -2.41. The lowest BCUT2D eigenvalue weighted by Gasteiger charge is -2.35. The Morgan fingerprint density at radius 2 is 2.00 bits per heavy atom. The van der Waals surface area contributed by atoms with Crippen LogP contribution in [-0.2, 0) is 0 Å². The lowest BCUT2D eigenvalue weighted by atomic mass is 9.88. The molecule has 1 aromatic rings. The molecule has 2 fully saturated rings. The molecule has 0 bridgehead atoms. The summed E-state index contributed by atoms with van der Waals surface area (Å²) in [6.07, 6.45) is 7.02. The molecule has 1 atom stereocenters. The van der Waals surface area contributed by atoms with Crippen molar-refractivity contribution in [2.24, 2.45) is 5.92 Å². The fraction of sp³-hybridized carbons (Fsp3) is 0.750. The van der Waals surface area contributed by atoms with E-state index in [4.69, 9.17) is 0 Å². The Labute approximate surface area is 122 Å². The second-order valence-corrected chi connectivity index (χ2v) is 6.48. The van der Waals surface area contributed by atoms with Gasteiger partial charge < -0.3 is 10.2 Å². The maximum Gasteiger partial charge on any atom is 0.132 e. The molecular weight excluding hydrogens is 248 g/mol. The molecule has 2 aliphatic heterocycles. The van der Waals surface area contributed by atoms with E-state index in [0.29, 0.717) is 5.92 Å². The molecule has 0 aliphatic carbocycles. The number of nitrogens with one attached hydrogen (secondary N) is 1. The molecule has 0 saturated carbocycles. The molecule has 2 aliphatic rings. The first-order valence-electron chi connectivity index (χ1n) is 8.04. The summed E-state index contributed by atoms with van der Waals surface area (Å²) in [5, 5.41) is 3.66. The molecule has 0 spiro atoms. The Balaban J connectivity index is 1.61. The van der Waals surface area contributed by atoms with Gasteiger partial charge in [-0.25, -0.2) is 9.97 Å². The Hall–Kier alpha value is -1.16. The number of hydrogen-bond donors (Lipinski definition) is 1. The van der Waals surface area contributed by atoms with E-state index >= 15 is 0 Å². The van der Waals surface area contributed by atoms with Gasteiger partial charge in [0.25, 0.3) is 0 Å². The molecule has 4 heteroatoms. The summed E-state index contributed by atoms with van der Waals surface area (Å²) >= 11 is 0. The maximum atomic E-state index is 4.47. The Morgan fingerprint density at radius 1 is 1.20 bits per heavy atom. The molecule has 20 heavy (non-hydrogen) atoms. The molecule has 4 nitrogen and oxygen atoms in total. The first-order valence-corrected chi connectivity index (χ1v) is 8.04. The van der Waals surface area contributed by atoms with Crippen LogP contribution in [0.15, 0.2) is 12.4 Å². The van der Waals surface area contributed by atoms with Gasteiger partial charge in [-0.3, -0.25) is 0 Å². The van der Waals surface area contributed by atoms with Gasteiger partial charge in [-0.15, -0.1) is 0 Å². The van der Waals surface area contributed by atoms with Gasteiger partial charge in [-0.1, -0.05) is 13.8 Å². The van der Waals surface area contributed by atoms with Crippen LogP contribution >= 0.6 is 0 Å². The van der Waals surface area contributed by atoms with Crippen molar-refractivity contribution in [3.05, 3.63) is 18.1 Å². The fourth-order valence-corrected chi connectivity index (χ4v) is 3.49. The number of aromatic nitrogens is 2. The summed E-state index contributed by atoms with van der Waals surface area (Å²) in [5.41, 5.74) is 1.15. The number of nitrogens with zero attached hydrogens (tertiary/aromatic N) is 3. The predicted octanol–water partition coefficient (Wildman–Crippen LogP) is 2.57. The van der Waals surface area contributed by atoms with Gasteiger partial charge in [0.15, 0.2) is 0 Å². The molecule has 0 aromatic carbocycles. The van der Waals surface area contributed by atoms with Gasteiger partial charge in [0.05, 0.1) is 0 Å². The zero-order chi connectivity index (χ0) is 13.9. The van der Waals surface area contributed by atoms with Gasteiger partial charge in [0, 0.05) is 30.9 Å². The summed E-state index contributed by atoms with van der Waals surface area (Å²) in [4.78, 5) is 11.3. The second kappa shape index (κ2) is 6.08. The molecular formula is C16H26N4. The minimum atomic E-state index is 0.469. The van der Waals surface area contributed by atoms with Crippen LogP contribution in [-0.4, -0.2) is 35.6 Å². The van der Waals surface area contributed by atoms with Gasteiger partial charge in [0.2, 0.25) is 0 Å². The van der Waals surface area contributed by atoms with Gasteiger partial charge in [0.1, 0.15) is 12.1 Å². The van der Waals surface area contributed by atoms with Crippen LogP contribution < -0.4 is 10.2 Å². The van der Waals surface area contributed by atoms with E-state index < -0.39 is 0 Å². The van der Waals surface area contributed by atoms with Crippen molar-refractivity contribution in [3.8, 4) is 0 Å². The Bertz CT molecular complexity index is 432. The lowest BCUT2D eigenvalue weighted by molar-refractivity contribution is 0.318. The van der Waals surface area contributed by atoms with Crippen molar-refractivity contribution in [3.63, 3.8) is 0 Å². The van der Waals surface area contributed by atoms with Crippen molar-refractivity contribution < 1.29 is 0 Å². The summed E-state index contributed by atoms with van der Waals surface area (Å²) in [6, 6.07) is 2.94. The third kappa shape index (κ3) is 2.95. The van der Waals surface area contributed by atoms with Crippen molar-refractivity contribution in [1.29, 1.82) is 0 Å². The molecule has 2 saturated heterocycles. The third-order valence-electron chi connectivity index (χ3n) is 4.80.